The quantitative estimate of drug-likeness (QED) is 0.804. The second-order valence-corrected chi connectivity index (χ2v) is 4.54. The Morgan fingerprint density at radius 3 is 2.68 bits per heavy atom. The number of hydrogen-bond acceptors (Lipinski definition) is 3. The highest BCUT2D eigenvalue weighted by Crippen LogP contribution is 2.24. The average Bonchev–Trinajstić information content (AvgIpc) is 2.37. The first kappa shape index (κ1) is 13.6. The first-order chi connectivity index (χ1) is 9.06. The van der Waals surface area contributed by atoms with Crippen LogP contribution in [0.25, 0.3) is 0 Å². The smallest absolute Gasteiger partial charge is 0.387 e. The molecule has 0 atom stereocenters. The molecule has 6 heteroatoms. The molecule has 1 aromatic heterocycles. The first-order valence-corrected chi connectivity index (χ1v) is 6.05. The number of rotatable bonds is 4. The Balaban J connectivity index is 2.34. The van der Waals surface area contributed by atoms with Crippen molar-refractivity contribution in [3.8, 4) is 5.75 Å². The van der Waals surface area contributed by atoms with Gasteiger partial charge >= 0.3 is 6.61 Å². The lowest BCUT2D eigenvalue weighted by molar-refractivity contribution is -0.0499. The number of carbonyl (C=O) groups excluding carboxylic acids is 1. The maximum atomic E-state index is 12.2. The molecule has 1 aromatic carbocycles. The van der Waals surface area contributed by atoms with E-state index < -0.39 is 6.61 Å². The second-order valence-electron chi connectivity index (χ2n) is 3.62. The van der Waals surface area contributed by atoms with Crippen molar-refractivity contribution in [2.45, 2.75) is 6.61 Å². The van der Waals surface area contributed by atoms with Crippen LogP contribution in [0, 0.1) is 0 Å². The molecule has 3 nitrogen and oxygen atoms in total. The third kappa shape index (κ3) is 3.57. The predicted molar refractivity (Wildman–Crippen MR) is 68.4 cm³/mol. The summed E-state index contributed by atoms with van der Waals surface area (Å²) in [4.78, 5) is 16.0. The summed E-state index contributed by atoms with van der Waals surface area (Å²) in [5.74, 6) is -0.384. The summed E-state index contributed by atoms with van der Waals surface area (Å²) in [6.45, 7) is -2.93. The van der Waals surface area contributed by atoms with Crippen molar-refractivity contribution < 1.29 is 18.3 Å². The summed E-state index contributed by atoms with van der Waals surface area (Å²) in [6, 6.07) is 7.40. The van der Waals surface area contributed by atoms with Gasteiger partial charge in [0.2, 0.25) is 0 Å². The lowest BCUT2D eigenvalue weighted by Gasteiger charge is -2.07. The Labute approximate surface area is 116 Å². The number of halogens is 3. The first-order valence-electron chi connectivity index (χ1n) is 5.26. The summed E-state index contributed by atoms with van der Waals surface area (Å²) in [6.07, 6.45) is 2.96. The molecule has 2 rings (SSSR count). The largest absolute Gasteiger partial charge is 0.435 e. The molecule has 2 aromatic rings. The zero-order chi connectivity index (χ0) is 13.8. The Kier molecular flexibility index (Phi) is 4.21. The highest BCUT2D eigenvalue weighted by molar-refractivity contribution is 9.10. The van der Waals surface area contributed by atoms with E-state index >= 15 is 0 Å². The lowest BCUT2D eigenvalue weighted by atomic mass is 10.1. The molecule has 0 radical (unpaired) electrons. The Hall–Kier alpha value is -1.82. The molecule has 0 aliphatic rings. The van der Waals surface area contributed by atoms with E-state index in [4.69, 9.17) is 0 Å². The number of ether oxygens (including phenoxy) is 1. The predicted octanol–water partition coefficient (Wildman–Crippen LogP) is 3.68. The fourth-order valence-corrected chi connectivity index (χ4v) is 2.00. The molecule has 98 valence electrons. The lowest BCUT2D eigenvalue weighted by Crippen LogP contribution is -2.05. The van der Waals surface area contributed by atoms with Crippen molar-refractivity contribution in [3.05, 3.63) is 58.3 Å². The van der Waals surface area contributed by atoms with Gasteiger partial charge in [0.1, 0.15) is 5.75 Å². The van der Waals surface area contributed by atoms with Gasteiger partial charge in [0.15, 0.2) is 5.78 Å². The van der Waals surface area contributed by atoms with Crippen LogP contribution < -0.4 is 4.74 Å². The van der Waals surface area contributed by atoms with Gasteiger partial charge in [0, 0.05) is 28.0 Å². The van der Waals surface area contributed by atoms with Gasteiger partial charge in [-0.2, -0.15) is 8.78 Å². The van der Waals surface area contributed by atoms with Crippen LogP contribution in [0.4, 0.5) is 8.78 Å². The number of alkyl halides is 2. The number of nitrogens with zero attached hydrogens (tertiary/aromatic N) is 1. The normalized spacial score (nSPS) is 10.5. The number of benzene rings is 1. The second kappa shape index (κ2) is 5.88. The van der Waals surface area contributed by atoms with Crippen molar-refractivity contribution >= 4 is 21.7 Å². The van der Waals surface area contributed by atoms with Gasteiger partial charge in [-0.3, -0.25) is 9.78 Å². The van der Waals surface area contributed by atoms with E-state index in [0.29, 0.717) is 10.0 Å². The van der Waals surface area contributed by atoms with Crippen LogP contribution in [0.3, 0.4) is 0 Å². The number of ketones is 1. The van der Waals surface area contributed by atoms with Gasteiger partial charge in [0.05, 0.1) is 0 Å². The standard InChI is InChI=1S/C13H8BrF2NO2/c14-10-4-9(5-11(6-10)19-13(15)16)12(18)8-2-1-3-17-7-8/h1-7,13H. The van der Waals surface area contributed by atoms with Gasteiger partial charge in [-0.25, -0.2) is 0 Å². The van der Waals surface area contributed by atoms with Crippen LogP contribution in [0.5, 0.6) is 5.75 Å². The molecule has 0 spiro atoms. The van der Waals surface area contributed by atoms with Crippen LogP contribution >= 0.6 is 15.9 Å². The third-order valence-electron chi connectivity index (χ3n) is 2.28. The molecular weight excluding hydrogens is 320 g/mol. The third-order valence-corrected chi connectivity index (χ3v) is 2.74. The molecule has 0 saturated carbocycles. The molecule has 1 heterocycles. The summed E-state index contributed by atoms with van der Waals surface area (Å²) in [5.41, 5.74) is 0.627. The van der Waals surface area contributed by atoms with Crippen LogP contribution in [-0.4, -0.2) is 17.4 Å². The summed E-state index contributed by atoms with van der Waals surface area (Å²) >= 11 is 3.15. The van der Waals surface area contributed by atoms with Crippen molar-refractivity contribution in [2.75, 3.05) is 0 Å². The fourth-order valence-electron chi connectivity index (χ4n) is 1.53. The number of aromatic nitrogens is 1. The van der Waals surface area contributed by atoms with Crippen LogP contribution in [0.2, 0.25) is 0 Å². The van der Waals surface area contributed by atoms with Gasteiger partial charge in [-0.1, -0.05) is 15.9 Å². The topological polar surface area (TPSA) is 39.2 Å². The zero-order valence-electron chi connectivity index (χ0n) is 9.52. The van der Waals surface area contributed by atoms with E-state index in [1.54, 1.807) is 18.3 Å². The Morgan fingerprint density at radius 1 is 1.26 bits per heavy atom. The maximum absolute atomic E-state index is 12.2. The molecule has 19 heavy (non-hydrogen) atoms. The fraction of sp³-hybridized carbons (Fsp3) is 0.0769. The minimum Gasteiger partial charge on any atom is -0.435 e. The summed E-state index contributed by atoms with van der Waals surface area (Å²) in [7, 11) is 0. The van der Waals surface area contributed by atoms with Crippen molar-refractivity contribution in [1.82, 2.24) is 4.98 Å². The minimum absolute atomic E-state index is 0.0726. The van der Waals surface area contributed by atoms with Gasteiger partial charge in [-0.05, 0) is 30.3 Å². The highest BCUT2D eigenvalue weighted by Gasteiger charge is 2.13. The van der Waals surface area contributed by atoms with Gasteiger partial charge < -0.3 is 4.74 Å². The van der Waals surface area contributed by atoms with Crippen LogP contribution in [-0.2, 0) is 0 Å². The van der Waals surface area contributed by atoms with E-state index in [1.165, 1.54) is 24.4 Å². The van der Waals surface area contributed by atoms with E-state index in [9.17, 15) is 13.6 Å². The number of pyridine rings is 1. The molecule has 0 aliphatic heterocycles. The van der Waals surface area contributed by atoms with Crippen molar-refractivity contribution in [3.63, 3.8) is 0 Å². The molecule has 0 aliphatic carbocycles. The highest BCUT2D eigenvalue weighted by atomic mass is 79.9. The van der Waals surface area contributed by atoms with Crippen LogP contribution in [0.1, 0.15) is 15.9 Å². The molecule has 0 saturated heterocycles. The number of carbonyl (C=O) groups is 1. The molecular formula is C13H8BrF2NO2. The van der Waals surface area contributed by atoms with Crippen LogP contribution in [0.15, 0.2) is 47.2 Å². The van der Waals surface area contributed by atoms with Crippen molar-refractivity contribution in [2.24, 2.45) is 0 Å². The van der Waals surface area contributed by atoms with Crippen molar-refractivity contribution in [1.29, 1.82) is 0 Å². The maximum Gasteiger partial charge on any atom is 0.387 e. The number of hydrogen-bond donors (Lipinski definition) is 0. The molecule has 0 unspecified atom stereocenters. The monoisotopic (exact) mass is 327 g/mol. The summed E-state index contributed by atoms with van der Waals surface area (Å²) in [5, 5.41) is 0. The average molecular weight is 328 g/mol. The SMILES string of the molecule is O=C(c1cccnc1)c1cc(Br)cc(OC(F)F)c1. The van der Waals surface area contributed by atoms with E-state index in [2.05, 4.69) is 25.7 Å². The van der Waals surface area contributed by atoms with E-state index in [1.807, 2.05) is 0 Å². The minimum atomic E-state index is -2.93. The Bertz CT molecular complexity index is 590. The molecule has 0 fully saturated rings. The Morgan fingerprint density at radius 2 is 2.05 bits per heavy atom. The zero-order valence-corrected chi connectivity index (χ0v) is 11.1. The van der Waals surface area contributed by atoms with E-state index in [-0.39, 0.29) is 17.1 Å². The molecule has 0 N–H and O–H groups in total. The summed E-state index contributed by atoms with van der Waals surface area (Å²) < 4.78 is 29.1. The van der Waals surface area contributed by atoms with Gasteiger partial charge in [-0.15, -0.1) is 0 Å². The molecule has 0 amide bonds. The van der Waals surface area contributed by atoms with E-state index in [0.717, 1.165) is 0 Å². The molecule has 0 bridgehead atoms. The van der Waals surface area contributed by atoms with Gasteiger partial charge in [0.25, 0.3) is 0 Å².